The van der Waals surface area contributed by atoms with Gasteiger partial charge in [0.15, 0.2) is 6.61 Å². The predicted octanol–water partition coefficient (Wildman–Crippen LogP) is 4.74. The third-order valence-electron chi connectivity index (χ3n) is 5.14. The lowest BCUT2D eigenvalue weighted by Gasteiger charge is -2.12. The number of hydrogen-bond donors (Lipinski definition) is 2. The molecule has 2 N–H and O–H groups in total. The molecule has 0 radical (unpaired) electrons. The zero-order valence-electron chi connectivity index (χ0n) is 18.0. The monoisotopic (exact) mass is 438 g/mol. The van der Waals surface area contributed by atoms with Crippen molar-refractivity contribution in [3.63, 3.8) is 0 Å². The summed E-state index contributed by atoms with van der Waals surface area (Å²) in [7, 11) is -3.73. The van der Waals surface area contributed by atoms with Crippen LogP contribution in [-0.4, -0.2) is 20.9 Å². The highest BCUT2D eigenvalue weighted by atomic mass is 32.2. The maximum Gasteiger partial charge on any atom is 0.262 e. The van der Waals surface area contributed by atoms with Crippen LogP contribution in [0.25, 0.3) is 0 Å². The van der Waals surface area contributed by atoms with Crippen LogP contribution in [0.3, 0.4) is 0 Å². The highest BCUT2D eigenvalue weighted by Crippen LogP contribution is 2.21. The minimum absolute atomic E-state index is 0.109. The summed E-state index contributed by atoms with van der Waals surface area (Å²) in [5.74, 6) is 0.114. The standard InChI is InChI=1S/C24H26N2O4S/c1-16-8-9-20(14-18(16)3)26-31(28,29)22-12-10-21(11-13-22)30-15-24(27)25-23-7-5-6-17(2)19(23)4/h5-14,26H,15H2,1-4H3,(H,25,27). The number of anilines is 2. The molecule has 1 amide bonds. The van der Waals surface area contributed by atoms with Gasteiger partial charge in [-0.25, -0.2) is 8.42 Å². The molecule has 0 bridgehead atoms. The van der Waals surface area contributed by atoms with Gasteiger partial charge in [0, 0.05) is 11.4 Å². The van der Waals surface area contributed by atoms with E-state index in [9.17, 15) is 13.2 Å². The van der Waals surface area contributed by atoms with Crippen molar-refractivity contribution < 1.29 is 17.9 Å². The summed E-state index contributed by atoms with van der Waals surface area (Å²) in [5.41, 5.74) is 5.43. The first-order chi connectivity index (χ1) is 14.7. The second kappa shape index (κ2) is 9.22. The lowest BCUT2D eigenvalue weighted by atomic mass is 10.1. The van der Waals surface area contributed by atoms with E-state index in [0.717, 1.165) is 27.9 Å². The average Bonchev–Trinajstić information content (AvgIpc) is 2.73. The third-order valence-corrected chi connectivity index (χ3v) is 6.54. The molecule has 0 saturated carbocycles. The van der Waals surface area contributed by atoms with Crippen LogP contribution in [0.4, 0.5) is 11.4 Å². The summed E-state index contributed by atoms with van der Waals surface area (Å²) in [4.78, 5) is 12.3. The molecule has 0 aliphatic heterocycles. The highest BCUT2D eigenvalue weighted by molar-refractivity contribution is 7.92. The van der Waals surface area contributed by atoms with Crippen molar-refractivity contribution in [3.05, 3.63) is 82.9 Å². The Labute approximate surface area is 183 Å². The van der Waals surface area contributed by atoms with Crippen LogP contribution in [0.15, 0.2) is 65.6 Å². The Morgan fingerprint density at radius 1 is 0.871 bits per heavy atom. The fourth-order valence-electron chi connectivity index (χ4n) is 2.96. The second-order valence-electron chi connectivity index (χ2n) is 7.46. The SMILES string of the molecule is Cc1ccc(NS(=O)(=O)c2ccc(OCC(=O)Nc3cccc(C)c3C)cc2)cc1C. The van der Waals surface area contributed by atoms with Gasteiger partial charge in [-0.3, -0.25) is 9.52 Å². The zero-order valence-corrected chi connectivity index (χ0v) is 18.8. The van der Waals surface area contributed by atoms with E-state index in [0.29, 0.717) is 11.4 Å². The Morgan fingerprint density at radius 2 is 1.58 bits per heavy atom. The first kappa shape index (κ1) is 22.4. The number of aryl methyl sites for hydroxylation is 3. The molecule has 7 heteroatoms. The van der Waals surface area contributed by atoms with Crippen molar-refractivity contribution in [1.29, 1.82) is 0 Å². The van der Waals surface area contributed by atoms with Gasteiger partial charge in [-0.1, -0.05) is 18.2 Å². The zero-order chi connectivity index (χ0) is 22.6. The fourth-order valence-corrected chi connectivity index (χ4v) is 4.01. The number of rotatable bonds is 7. The molecule has 0 saturated heterocycles. The van der Waals surface area contributed by atoms with Crippen LogP contribution in [0.1, 0.15) is 22.3 Å². The Kier molecular flexibility index (Phi) is 6.65. The fraction of sp³-hybridized carbons (Fsp3) is 0.208. The number of carbonyl (C=O) groups is 1. The minimum atomic E-state index is -3.73. The molecule has 3 aromatic carbocycles. The number of carbonyl (C=O) groups excluding carboxylic acids is 1. The summed E-state index contributed by atoms with van der Waals surface area (Å²) >= 11 is 0. The van der Waals surface area contributed by atoms with Crippen molar-refractivity contribution in [3.8, 4) is 5.75 Å². The molecule has 3 rings (SSSR count). The van der Waals surface area contributed by atoms with Crippen LogP contribution in [0, 0.1) is 27.7 Å². The summed E-state index contributed by atoms with van der Waals surface area (Å²) in [5, 5.41) is 2.82. The van der Waals surface area contributed by atoms with Gasteiger partial charge in [-0.2, -0.15) is 0 Å². The van der Waals surface area contributed by atoms with E-state index in [1.807, 2.05) is 52.0 Å². The average molecular weight is 439 g/mol. The molecule has 0 aromatic heterocycles. The lowest BCUT2D eigenvalue weighted by molar-refractivity contribution is -0.118. The van der Waals surface area contributed by atoms with Gasteiger partial charge in [0.25, 0.3) is 15.9 Å². The second-order valence-corrected chi connectivity index (χ2v) is 9.14. The van der Waals surface area contributed by atoms with Crippen LogP contribution in [-0.2, 0) is 14.8 Å². The Hall–Kier alpha value is -3.32. The van der Waals surface area contributed by atoms with Crippen LogP contribution in [0.2, 0.25) is 0 Å². The van der Waals surface area contributed by atoms with Crippen molar-refractivity contribution >= 4 is 27.3 Å². The van der Waals surface area contributed by atoms with E-state index in [-0.39, 0.29) is 17.4 Å². The number of amides is 1. The minimum Gasteiger partial charge on any atom is -0.484 e. The molecule has 3 aromatic rings. The Bertz CT molecular complexity index is 1200. The molecule has 31 heavy (non-hydrogen) atoms. The largest absolute Gasteiger partial charge is 0.484 e. The Balaban J connectivity index is 1.61. The quantitative estimate of drug-likeness (QED) is 0.558. The molecule has 0 aliphatic rings. The van der Waals surface area contributed by atoms with Gasteiger partial charge in [0.1, 0.15) is 5.75 Å². The smallest absolute Gasteiger partial charge is 0.262 e. The number of hydrogen-bond acceptors (Lipinski definition) is 4. The maximum absolute atomic E-state index is 12.6. The number of benzene rings is 3. The van der Waals surface area contributed by atoms with Gasteiger partial charge in [-0.15, -0.1) is 0 Å². The van der Waals surface area contributed by atoms with E-state index < -0.39 is 10.0 Å². The highest BCUT2D eigenvalue weighted by Gasteiger charge is 2.15. The number of nitrogens with one attached hydrogen (secondary N) is 2. The molecular weight excluding hydrogens is 412 g/mol. The summed E-state index contributed by atoms with van der Waals surface area (Å²) < 4.78 is 33.3. The summed E-state index contributed by atoms with van der Waals surface area (Å²) in [6.07, 6.45) is 0. The van der Waals surface area contributed by atoms with E-state index >= 15 is 0 Å². The van der Waals surface area contributed by atoms with Gasteiger partial charge in [0.05, 0.1) is 4.90 Å². The summed E-state index contributed by atoms with van der Waals surface area (Å²) in [6, 6.07) is 17.0. The molecule has 0 atom stereocenters. The molecule has 0 fully saturated rings. The molecule has 0 spiro atoms. The van der Waals surface area contributed by atoms with Crippen LogP contribution in [0.5, 0.6) is 5.75 Å². The van der Waals surface area contributed by atoms with E-state index in [1.165, 1.54) is 24.3 Å². The van der Waals surface area contributed by atoms with Crippen LogP contribution < -0.4 is 14.8 Å². The first-order valence-electron chi connectivity index (χ1n) is 9.85. The predicted molar refractivity (Wildman–Crippen MR) is 123 cm³/mol. The van der Waals surface area contributed by atoms with Gasteiger partial charge in [0.2, 0.25) is 0 Å². The molecule has 162 valence electrons. The first-order valence-corrected chi connectivity index (χ1v) is 11.3. The molecule has 0 heterocycles. The topological polar surface area (TPSA) is 84.5 Å². The molecule has 0 aliphatic carbocycles. The van der Waals surface area contributed by atoms with Crippen molar-refractivity contribution in [2.45, 2.75) is 32.6 Å². The number of sulfonamides is 1. The van der Waals surface area contributed by atoms with Crippen LogP contribution >= 0.6 is 0 Å². The van der Waals surface area contributed by atoms with E-state index in [4.69, 9.17) is 4.74 Å². The Morgan fingerprint density at radius 3 is 2.26 bits per heavy atom. The normalized spacial score (nSPS) is 11.1. The maximum atomic E-state index is 12.6. The van der Waals surface area contributed by atoms with Crippen molar-refractivity contribution in [2.75, 3.05) is 16.6 Å². The van der Waals surface area contributed by atoms with Gasteiger partial charge >= 0.3 is 0 Å². The lowest BCUT2D eigenvalue weighted by Crippen LogP contribution is -2.20. The van der Waals surface area contributed by atoms with Crippen molar-refractivity contribution in [1.82, 2.24) is 0 Å². The number of ether oxygens (including phenoxy) is 1. The van der Waals surface area contributed by atoms with E-state index in [1.54, 1.807) is 12.1 Å². The summed E-state index contributed by atoms with van der Waals surface area (Å²) in [6.45, 7) is 7.63. The molecule has 6 nitrogen and oxygen atoms in total. The van der Waals surface area contributed by atoms with Gasteiger partial charge in [-0.05, 0) is 92.4 Å². The third kappa shape index (κ3) is 5.64. The van der Waals surface area contributed by atoms with Gasteiger partial charge < -0.3 is 10.1 Å². The van der Waals surface area contributed by atoms with E-state index in [2.05, 4.69) is 10.0 Å². The van der Waals surface area contributed by atoms with Crippen molar-refractivity contribution in [2.24, 2.45) is 0 Å². The molecular formula is C24H26N2O4S. The molecule has 0 unspecified atom stereocenters.